The molecular weight excluding hydrogens is 570 g/mol. The van der Waals surface area contributed by atoms with Crippen molar-refractivity contribution in [1.82, 2.24) is 19.8 Å². The minimum atomic E-state index is -0.662. The summed E-state index contributed by atoms with van der Waals surface area (Å²) in [5.74, 6) is 1.80. The molecule has 0 bridgehead atoms. The zero-order valence-corrected chi connectivity index (χ0v) is 27.1. The van der Waals surface area contributed by atoms with E-state index in [9.17, 15) is 15.8 Å². The number of nitrogens with zero attached hydrogens (tertiary/aromatic N) is 7. The summed E-state index contributed by atoms with van der Waals surface area (Å²) in [6.07, 6.45) is 8.21. The molecule has 2 saturated heterocycles. The largest absolute Gasteiger partial charge is 0.511 e. The highest BCUT2D eigenvalue weighted by Crippen LogP contribution is 2.54. The van der Waals surface area contributed by atoms with Crippen molar-refractivity contribution in [3.05, 3.63) is 39.1 Å². The summed E-state index contributed by atoms with van der Waals surface area (Å²) in [6, 6.07) is 4.57. The number of nitrogens with two attached hydrogens (primary N) is 1. The number of aliphatic hydroxyl groups excluding tert-OH is 1. The number of aliphatic hydroxyl groups is 1. The Bertz CT molecular complexity index is 1550. The highest BCUT2D eigenvalue weighted by molar-refractivity contribution is 7.16. The van der Waals surface area contributed by atoms with Crippen molar-refractivity contribution in [2.24, 2.45) is 0 Å². The predicted octanol–water partition coefficient (Wildman–Crippen LogP) is 4.44. The topological polar surface area (TPSA) is 133 Å². The van der Waals surface area contributed by atoms with Gasteiger partial charge >= 0.3 is 0 Å². The Morgan fingerprint density at radius 1 is 1.09 bits per heavy atom. The van der Waals surface area contributed by atoms with Gasteiger partial charge in [-0.05, 0) is 90.9 Å². The molecule has 2 atom stereocenters. The Labute approximate surface area is 264 Å². The summed E-state index contributed by atoms with van der Waals surface area (Å²) in [7, 11) is 4.40. The first-order chi connectivity index (χ1) is 21.2. The highest BCUT2D eigenvalue weighted by atomic mass is 32.1. The first-order valence-electron chi connectivity index (χ1n) is 16.3. The Hall–Kier alpha value is -3.20. The summed E-state index contributed by atoms with van der Waals surface area (Å²) in [6.45, 7) is 7.87. The van der Waals surface area contributed by atoms with Crippen LogP contribution in [0.5, 0.6) is 0 Å². The highest BCUT2D eigenvalue weighted by Gasteiger charge is 2.50. The maximum Gasteiger partial charge on any atom is 0.228 e. The lowest BCUT2D eigenvalue weighted by molar-refractivity contribution is 0.198. The second-order valence-electron chi connectivity index (χ2n) is 13.9. The van der Waals surface area contributed by atoms with Crippen LogP contribution in [-0.2, 0) is 11.8 Å². The summed E-state index contributed by atoms with van der Waals surface area (Å²) >= 11 is 1.49. The van der Waals surface area contributed by atoms with E-state index in [0.29, 0.717) is 34.2 Å². The van der Waals surface area contributed by atoms with Crippen molar-refractivity contribution in [1.29, 1.82) is 10.7 Å². The number of rotatable bonds is 4. The summed E-state index contributed by atoms with van der Waals surface area (Å²) in [4.78, 5) is 20.9. The standard InChI is InChI=1S/C33H45N9OS/c1-21-19-39(2)13-6-14-42(21)31-37-24(17-26(38-31)41-16-15-40(3)32(20-41)11-12-32)28(35)22-7-4-9-33(29(22)43)10-5-8-25-27(33)23(18-34)30(36)44-25/h17,21,35,43H,4-16,19-20,36H2,1-3H3/t21-,33-/m0/s1. The molecule has 0 unspecified atom stereocenters. The molecule has 2 aliphatic heterocycles. The molecule has 3 fully saturated rings. The summed E-state index contributed by atoms with van der Waals surface area (Å²) < 4.78 is 0. The quantitative estimate of drug-likeness (QED) is 0.427. The molecule has 44 heavy (non-hydrogen) atoms. The minimum Gasteiger partial charge on any atom is -0.511 e. The number of anilines is 3. The monoisotopic (exact) mass is 615 g/mol. The Balaban J connectivity index is 1.31. The molecule has 0 radical (unpaired) electrons. The summed E-state index contributed by atoms with van der Waals surface area (Å²) in [5, 5.41) is 32.3. The number of aromatic nitrogens is 2. The maximum atomic E-state index is 12.1. The fraction of sp³-hybridized carbons (Fsp3) is 0.636. The number of hydrogen-bond donors (Lipinski definition) is 3. The number of nitrogen functional groups attached to an aromatic ring is 1. The molecule has 11 heteroatoms. The third-order valence-corrected chi connectivity index (χ3v) is 12.2. The number of allylic oxidation sites excluding steroid dienone is 2. The van der Waals surface area contributed by atoms with Crippen molar-refractivity contribution in [3.8, 4) is 6.07 Å². The van der Waals surface area contributed by atoms with E-state index in [0.717, 1.165) is 94.1 Å². The fourth-order valence-electron chi connectivity index (χ4n) is 8.40. The molecule has 5 aliphatic rings. The molecule has 0 amide bonds. The molecule has 2 aromatic heterocycles. The van der Waals surface area contributed by atoms with Crippen molar-refractivity contribution in [3.63, 3.8) is 0 Å². The number of piperazine rings is 1. The fourth-order valence-corrected chi connectivity index (χ4v) is 9.56. The molecular formula is C33H45N9OS. The van der Waals surface area contributed by atoms with Crippen LogP contribution in [0.3, 0.4) is 0 Å². The van der Waals surface area contributed by atoms with Gasteiger partial charge in [0.15, 0.2) is 0 Å². The molecule has 4 N–H and O–H groups in total. The van der Waals surface area contributed by atoms with Crippen molar-refractivity contribution < 1.29 is 5.11 Å². The molecule has 2 aromatic rings. The Morgan fingerprint density at radius 3 is 2.61 bits per heavy atom. The van der Waals surface area contributed by atoms with Crippen LogP contribution in [-0.4, -0.2) is 95.5 Å². The lowest BCUT2D eigenvalue weighted by Crippen LogP contribution is -2.53. The second kappa shape index (κ2) is 11.0. The lowest BCUT2D eigenvalue weighted by Gasteiger charge is -2.42. The molecule has 2 spiro atoms. The van der Waals surface area contributed by atoms with E-state index in [4.69, 9.17) is 15.7 Å². The Kier molecular flexibility index (Phi) is 7.38. The van der Waals surface area contributed by atoms with Crippen LogP contribution < -0.4 is 15.5 Å². The lowest BCUT2D eigenvalue weighted by atomic mass is 9.63. The van der Waals surface area contributed by atoms with Crippen LogP contribution in [0.4, 0.5) is 16.8 Å². The number of hydrogen-bond acceptors (Lipinski definition) is 11. The Morgan fingerprint density at radius 2 is 1.86 bits per heavy atom. The van der Waals surface area contributed by atoms with Gasteiger partial charge in [-0.3, -0.25) is 10.3 Å². The van der Waals surface area contributed by atoms with Crippen molar-refractivity contribution in [2.75, 3.05) is 68.9 Å². The second-order valence-corrected chi connectivity index (χ2v) is 15.0. The first kappa shape index (κ1) is 29.5. The van der Waals surface area contributed by atoms with E-state index in [1.54, 1.807) is 0 Å². The molecule has 234 valence electrons. The van der Waals surface area contributed by atoms with Crippen LogP contribution in [0.15, 0.2) is 17.4 Å². The van der Waals surface area contributed by atoms with E-state index in [-0.39, 0.29) is 23.1 Å². The minimum absolute atomic E-state index is 0.228. The van der Waals surface area contributed by atoms with Gasteiger partial charge in [0.25, 0.3) is 0 Å². The smallest absolute Gasteiger partial charge is 0.228 e. The normalized spacial score (nSPS) is 27.4. The van der Waals surface area contributed by atoms with Gasteiger partial charge in [-0.25, -0.2) is 4.98 Å². The van der Waals surface area contributed by atoms with Gasteiger partial charge in [-0.2, -0.15) is 10.2 Å². The number of thiophene rings is 1. The first-order valence-corrected chi connectivity index (χ1v) is 17.1. The van der Waals surface area contributed by atoms with Crippen LogP contribution in [0.2, 0.25) is 0 Å². The van der Waals surface area contributed by atoms with Gasteiger partial charge in [0, 0.05) is 60.8 Å². The molecule has 1 saturated carbocycles. The average Bonchev–Trinajstić information content (AvgIpc) is 3.73. The van der Waals surface area contributed by atoms with Gasteiger partial charge in [0.1, 0.15) is 22.6 Å². The maximum absolute atomic E-state index is 12.1. The van der Waals surface area contributed by atoms with E-state index >= 15 is 0 Å². The SMILES string of the molecule is C[C@H]1CN(C)CCCN1c1nc(C(=N)C2=C(O)[C@@]3(CCC2)CCCc2sc(N)c(C#N)c23)cc(N2CCN(C)C3(CC3)C2)n1. The van der Waals surface area contributed by atoms with Crippen LogP contribution in [0.1, 0.15) is 80.0 Å². The van der Waals surface area contributed by atoms with E-state index < -0.39 is 5.41 Å². The number of aryl methyl sites for hydroxylation is 1. The molecule has 10 nitrogen and oxygen atoms in total. The zero-order valence-electron chi connectivity index (χ0n) is 26.3. The van der Waals surface area contributed by atoms with Gasteiger partial charge < -0.3 is 25.5 Å². The average molecular weight is 616 g/mol. The number of fused-ring (bicyclic) bond motifs is 2. The number of nitrogens with one attached hydrogen (secondary N) is 1. The number of likely N-dealkylation sites (N-methyl/N-ethyl adjacent to an activating group) is 2. The predicted molar refractivity (Wildman–Crippen MR) is 176 cm³/mol. The molecule has 4 heterocycles. The molecule has 3 aliphatic carbocycles. The van der Waals surface area contributed by atoms with Gasteiger partial charge in [0.2, 0.25) is 5.95 Å². The summed E-state index contributed by atoms with van der Waals surface area (Å²) in [5.41, 5.74) is 8.80. The van der Waals surface area contributed by atoms with Crippen LogP contribution >= 0.6 is 11.3 Å². The molecule has 0 aromatic carbocycles. The third-order valence-electron chi connectivity index (χ3n) is 11.1. The third kappa shape index (κ3) is 4.77. The number of nitriles is 1. The van der Waals surface area contributed by atoms with Crippen molar-refractivity contribution >= 4 is 33.8 Å². The van der Waals surface area contributed by atoms with Crippen LogP contribution in [0.25, 0.3) is 0 Å². The van der Waals surface area contributed by atoms with E-state index in [1.807, 2.05) is 6.07 Å². The van der Waals surface area contributed by atoms with Gasteiger partial charge in [-0.1, -0.05) is 0 Å². The van der Waals surface area contributed by atoms with Crippen molar-refractivity contribution in [2.45, 2.75) is 81.7 Å². The van der Waals surface area contributed by atoms with Gasteiger partial charge in [-0.15, -0.1) is 11.3 Å². The van der Waals surface area contributed by atoms with E-state index in [1.165, 1.54) is 24.2 Å². The van der Waals surface area contributed by atoms with E-state index in [2.05, 4.69) is 46.7 Å². The zero-order chi connectivity index (χ0) is 30.8. The molecule has 7 rings (SSSR count). The van der Waals surface area contributed by atoms with Crippen LogP contribution in [0, 0.1) is 16.7 Å². The van der Waals surface area contributed by atoms with Gasteiger partial charge in [0.05, 0.1) is 22.4 Å².